The largest absolute Gasteiger partial charge is 0.448 e. The normalized spacial score (nSPS) is 14.5. The van der Waals surface area contributed by atoms with Crippen LogP contribution in [0.1, 0.15) is 50.7 Å². The summed E-state index contributed by atoms with van der Waals surface area (Å²) < 4.78 is 5.61. The highest BCUT2D eigenvalue weighted by molar-refractivity contribution is 7.17. The zero-order valence-corrected chi connectivity index (χ0v) is 17.3. The maximum absolute atomic E-state index is 12.6. The second kappa shape index (κ2) is 7.61. The molecule has 2 amide bonds. The lowest BCUT2D eigenvalue weighted by Crippen LogP contribution is -2.20. The third-order valence-corrected chi connectivity index (χ3v) is 7.18. The van der Waals surface area contributed by atoms with Crippen LogP contribution >= 0.6 is 11.3 Å². The van der Waals surface area contributed by atoms with Gasteiger partial charge in [0.05, 0.1) is 5.56 Å². The van der Waals surface area contributed by atoms with Crippen molar-refractivity contribution in [3.8, 4) is 11.1 Å². The van der Waals surface area contributed by atoms with E-state index in [1.165, 1.54) is 22.5 Å². The number of aryl methyl sites for hydroxylation is 1. The molecule has 6 heteroatoms. The van der Waals surface area contributed by atoms with Crippen molar-refractivity contribution in [1.82, 2.24) is 0 Å². The average molecular weight is 419 g/mol. The summed E-state index contributed by atoms with van der Waals surface area (Å²) in [6, 6.07) is 16.4. The van der Waals surface area contributed by atoms with E-state index in [0.717, 1.165) is 47.3 Å². The van der Waals surface area contributed by atoms with Crippen LogP contribution in [0.3, 0.4) is 0 Å². The van der Waals surface area contributed by atoms with Gasteiger partial charge in [-0.1, -0.05) is 48.5 Å². The van der Waals surface area contributed by atoms with E-state index in [-0.39, 0.29) is 12.5 Å². The Morgan fingerprint density at radius 3 is 2.30 bits per heavy atom. The monoisotopic (exact) mass is 418 g/mol. The van der Waals surface area contributed by atoms with Crippen LogP contribution in [0.4, 0.5) is 9.80 Å². The van der Waals surface area contributed by atoms with Crippen molar-refractivity contribution in [2.75, 3.05) is 11.9 Å². The predicted molar refractivity (Wildman–Crippen MR) is 118 cm³/mol. The van der Waals surface area contributed by atoms with Crippen LogP contribution in [0.15, 0.2) is 48.5 Å². The molecule has 0 spiro atoms. The summed E-state index contributed by atoms with van der Waals surface area (Å²) in [4.78, 5) is 25.8. The van der Waals surface area contributed by atoms with E-state index < -0.39 is 12.0 Å². The molecule has 2 aromatic carbocycles. The van der Waals surface area contributed by atoms with Gasteiger partial charge in [-0.3, -0.25) is 10.1 Å². The number of nitrogens with two attached hydrogens (primary N) is 1. The molecule has 152 valence electrons. The first kappa shape index (κ1) is 18.9. The van der Waals surface area contributed by atoms with Crippen molar-refractivity contribution in [2.45, 2.75) is 31.6 Å². The number of nitrogens with one attached hydrogen (secondary N) is 1. The standard InChI is InChI=1S/C24H22N2O3S/c25-22(27)21-18-11-5-6-12-20(18)30-23(21)26-24(28)29-13-19-16-9-3-1-7-14(16)15-8-2-4-10-17(15)19/h1-4,7-10,19H,5-6,11-13H2,(H2,25,27)(H,26,28). The molecule has 1 heterocycles. The van der Waals surface area contributed by atoms with Crippen LogP contribution in [0.5, 0.6) is 0 Å². The Hall–Kier alpha value is -3.12. The number of anilines is 1. The Labute approximate surface area is 178 Å². The Morgan fingerprint density at radius 2 is 1.63 bits per heavy atom. The first-order chi connectivity index (χ1) is 14.6. The molecule has 0 saturated heterocycles. The number of amides is 2. The second-order valence-electron chi connectivity index (χ2n) is 7.73. The molecule has 3 aromatic rings. The van der Waals surface area contributed by atoms with E-state index in [9.17, 15) is 9.59 Å². The zero-order chi connectivity index (χ0) is 20.7. The Balaban J connectivity index is 1.34. The minimum absolute atomic E-state index is 0.00435. The summed E-state index contributed by atoms with van der Waals surface area (Å²) in [5.74, 6) is -0.501. The first-order valence-corrected chi connectivity index (χ1v) is 11.0. The molecule has 3 N–H and O–H groups in total. The predicted octanol–water partition coefficient (Wildman–Crippen LogP) is 5.09. The Bertz CT molecular complexity index is 1110. The van der Waals surface area contributed by atoms with Crippen molar-refractivity contribution < 1.29 is 14.3 Å². The van der Waals surface area contributed by atoms with Gasteiger partial charge in [-0.15, -0.1) is 11.3 Å². The number of ether oxygens (including phenoxy) is 1. The van der Waals surface area contributed by atoms with E-state index >= 15 is 0 Å². The van der Waals surface area contributed by atoms with Gasteiger partial charge < -0.3 is 10.5 Å². The van der Waals surface area contributed by atoms with Gasteiger partial charge in [0.1, 0.15) is 11.6 Å². The van der Waals surface area contributed by atoms with E-state index in [1.54, 1.807) is 0 Å². The number of thiophene rings is 1. The highest BCUT2D eigenvalue weighted by Gasteiger charge is 2.30. The number of benzene rings is 2. The average Bonchev–Trinajstić information content (AvgIpc) is 3.27. The van der Waals surface area contributed by atoms with Gasteiger partial charge >= 0.3 is 6.09 Å². The molecule has 2 aliphatic rings. The van der Waals surface area contributed by atoms with Crippen LogP contribution < -0.4 is 11.1 Å². The zero-order valence-electron chi connectivity index (χ0n) is 16.4. The fraction of sp³-hybridized carbons (Fsp3) is 0.250. The van der Waals surface area contributed by atoms with Crippen molar-refractivity contribution in [1.29, 1.82) is 0 Å². The lowest BCUT2D eigenvalue weighted by molar-refractivity contribution is 0.100. The molecule has 30 heavy (non-hydrogen) atoms. The number of carbonyl (C=O) groups is 2. The quantitative estimate of drug-likeness (QED) is 0.619. The number of fused-ring (bicyclic) bond motifs is 4. The minimum Gasteiger partial charge on any atom is -0.448 e. The van der Waals surface area contributed by atoms with Gasteiger partial charge in [0, 0.05) is 10.8 Å². The first-order valence-electron chi connectivity index (χ1n) is 10.2. The molecule has 0 unspecified atom stereocenters. The van der Waals surface area contributed by atoms with Crippen LogP contribution in [-0.2, 0) is 17.6 Å². The highest BCUT2D eigenvalue weighted by atomic mass is 32.1. The third kappa shape index (κ3) is 3.17. The van der Waals surface area contributed by atoms with Gasteiger partial charge in [0.25, 0.3) is 5.91 Å². The Kier molecular flexibility index (Phi) is 4.79. The van der Waals surface area contributed by atoms with Crippen LogP contribution in [0.25, 0.3) is 11.1 Å². The molecule has 0 aliphatic heterocycles. The summed E-state index contributed by atoms with van der Waals surface area (Å²) in [5.41, 5.74) is 11.7. The number of primary amides is 1. The molecular weight excluding hydrogens is 396 g/mol. The molecule has 0 bridgehead atoms. The topological polar surface area (TPSA) is 81.4 Å². The number of carbonyl (C=O) groups excluding carboxylic acids is 2. The molecule has 5 nitrogen and oxygen atoms in total. The summed E-state index contributed by atoms with van der Waals surface area (Å²) in [6.45, 7) is 0.233. The fourth-order valence-corrected chi connectivity index (χ4v) is 5.92. The van der Waals surface area contributed by atoms with Gasteiger partial charge in [-0.05, 0) is 53.5 Å². The van der Waals surface area contributed by atoms with Crippen LogP contribution in [-0.4, -0.2) is 18.6 Å². The van der Waals surface area contributed by atoms with E-state index in [0.29, 0.717) is 10.6 Å². The molecule has 0 fully saturated rings. The maximum Gasteiger partial charge on any atom is 0.412 e. The Morgan fingerprint density at radius 1 is 1.00 bits per heavy atom. The van der Waals surface area contributed by atoms with E-state index in [1.807, 2.05) is 24.3 Å². The van der Waals surface area contributed by atoms with Gasteiger partial charge in [-0.2, -0.15) is 0 Å². The van der Waals surface area contributed by atoms with Crippen molar-refractivity contribution >= 4 is 28.3 Å². The third-order valence-electron chi connectivity index (χ3n) is 5.98. The summed E-state index contributed by atoms with van der Waals surface area (Å²) in [5, 5.41) is 3.28. The number of rotatable bonds is 4. The van der Waals surface area contributed by atoms with Gasteiger partial charge in [-0.25, -0.2) is 4.79 Å². The summed E-state index contributed by atoms with van der Waals surface area (Å²) in [6.07, 6.45) is 3.33. The summed E-state index contributed by atoms with van der Waals surface area (Å²) >= 11 is 1.44. The van der Waals surface area contributed by atoms with E-state index in [4.69, 9.17) is 10.5 Å². The number of hydrogen-bond acceptors (Lipinski definition) is 4. The van der Waals surface area contributed by atoms with Crippen molar-refractivity contribution in [2.24, 2.45) is 5.73 Å². The van der Waals surface area contributed by atoms with Crippen molar-refractivity contribution in [3.63, 3.8) is 0 Å². The van der Waals surface area contributed by atoms with Crippen LogP contribution in [0.2, 0.25) is 0 Å². The van der Waals surface area contributed by atoms with Gasteiger partial charge in [0.15, 0.2) is 0 Å². The highest BCUT2D eigenvalue weighted by Crippen LogP contribution is 2.44. The van der Waals surface area contributed by atoms with Gasteiger partial charge in [0.2, 0.25) is 0 Å². The molecule has 1 aromatic heterocycles. The molecule has 2 aliphatic carbocycles. The lowest BCUT2D eigenvalue weighted by atomic mass is 9.95. The molecular formula is C24H22N2O3S. The SMILES string of the molecule is NC(=O)c1c(NC(=O)OCC2c3ccccc3-c3ccccc32)sc2c1CCCC2. The van der Waals surface area contributed by atoms with Crippen LogP contribution in [0, 0.1) is 0 Å². The number of hydrogen-bond donors (Lipinski definition) is 2. The fourth-order valence-electron chi connectivity index (χ4n) is 4.64. The minimum atomic E-state index is -0.557. The smallest absolute Gasteiger partial charge is 0.412 e. The molecule has 0 atom stereocenters. The summed E-state index contributed by atoms with van der Waals surface area (Å²) in [7, 11) is 0. The van der Waals surface area contributed by atoms with E-state index in [2.05, 4.69) is 29.6 Å². The molecule has 0 saturated carbocycles. The molecule has 0 radical (unpaired) electrons. The van der Waals surface area contributed by atoms with Crippen molar-refractivity contribution in [3.05, 3.63) is 75.7 Å². The lowest BCUT2D eigenvalue weighted by Gasteiger charge is -2.14. The maximum atomic E-state index is 12.6. The molecule has 5 rings (SSSR count). The second-order valence-corrected chi connectivity index (χ2v) is 8.83.